The molecule has 0 unspecified atom stereocenters. The number of unbranched alkanes of at least 4 members (excludes halogenated alkanes) is 8. The van der Waals surface area contributed by atoms with Crippen molar-refractivity contribution in [2.75, 3.05) is 33.4 Å². The van der Waals surface area contributed by atoms with Crippen molar-refractivity contribution in [3.63, 3.8) is 0 Å². The summed E-state index contributed by atoms with van der Waals surface area (Å²) >= 11 is 2.08. The second-order valence-electron chi connectivity index (χ2n) is 12.2. The van der Waals surface area contributed by atoms with Gasteiger partial charge in [-0.3, -0.25) is 9.59 Å². The molecule has 0 fully saturated rings. The maximum Gasteiger partial charge on any atom is 0.247 e. The van der Waals surface area contributed by atoms with Crippen LogP contribution in [0.15, 0.2) is 23.8 Å². The molecule has 1 aliphatic rings. The van der Waals surface area contributed by atoms with Gasteiger partial charge >= 0.3 is 0 Å². The third kappa shape index (κ3) is 13.7. The third-order valence-electron chi connectivity index (χ3n) is 8.15. The summed E-state index contributed by atoms with van der Waals surface area (Å²) < 4.78 is 18.3. The van der Waals surface area contributed by atoms with E-state index >= 15 is 0 Å². The zero-order valence-electron chi connectivity index (χ0n) is 28.3. The molecule has 1 aliphatic carbocycles. The van der Waals surface area contributed by atoms with Gasteiger partial charge in [-0.2, -0.15) is 0 Å². The van der Waals surface area contributed by atoms with Crippen molar-refractivity contribution >= 4 is 34.4 Å². The molecule has 0 aliphatic heterocycles. The first-order valence-electron chi connectivity index (χ1n) is 17.0. The van der Waals surface area contributed by atoms with Gasteiger partial charge in [0, 0.05) is 38.1 Å². The Morgan fingerprint density at radius 3 is 2.33 bits per heavy atom. The quantitative estimate of drug-likeness (QED) is 0.0875. The van der Waals surface area contributed by atoms with E-state index in [0.717, 1.165) is 19.3 Å². The van der Waals surface area contributed by atoms with E-state index in [-0.39, 0.29) is 44.1 Å². The van der Waals surface area contributed by atoms with Crippen LogP contribution in [0, 0.1) is 3.57 Å². The average molecular weight is 761 g/mol. The fourth-order valence-electron chi connectivity index (χ4n) is 5.65. The maximum atomic E-state index is 13.8. The van der Waals surface area contributed by atoms with Gasteiger partial charge in [-0.15, -0.1) is 0 Å². The van der Waals surface area contributed by atoms with E-state index in [4.69, 9.17) is 14.2 Å². The number of carbonyl (C=O) groups excluding carboxylic acids is 2. The van der Waals surface area contributed by atoms with E-state index in [9.17, 15) is 24.9 Å². The van der Waals surface area contributed by atoms with Crippen molar-refractivity contribution in [3.05, 3.63) is 32.9 Å². The molecule has 0 saturated carbocycles. The van der Waals surface area contributed by atoms with Crippen molar-refractivity contribution in [2.24, 2.45) is 0 Å². The van der Waals surface area contributed by atoms with Crippen LogP contribution in [-0.2, 0) is 20.9 Å². The predicted molar refractivity (Wildman–Crippen MR) is 188 cm³/mol. The first-order valence-corrected chi connectivity index (χ1v) is 18.1. The molecule has 46 heavy (non-hydrogen) atoms. The highest BCUT2D eigenvalue weighted by Crippen LogP contribution is 2.37. The number of benzene rings is 1. The number of amides is 2. The number of ether oxygens (including phenoxy) is 3. The van der Waals surface area contributed by atoms with Crippen molar-refractivity contribution < 1.29 is 39.1 Å². The summed E-state index contributed by atoms with van der Waals surface area (Å²) in [5.41, 5.74) is 1.01. The monoisotopic (exact) mass is 760 g/mol. The molecule has 0 spiro atoms. The van der Waals surface area contributed by atoms with E-state index in [1.165, 1.54) is 45.6 Å². The Morgan fingerprint density at radius 2 is 1.72 bits per heavy atom. The zero-order chi connectivity index (χ0) is 33.9. The topological polar surface area (TPSA) is 138 Å². The molecule has 10 nitrogen and oxygen atoms in total. The first-order chi connectivity index (χ1) is 22.2. The predicted octanol–water partition coefficient (Wildman–Crippen LogP) is 5.27. The number of nitrogens with zero attached hydrogens (tertiary/aromatic N) is 1. The highest BCUT2D eigenvalue weighted by Gasteiger charge is 2.40. The number of methoxy groups -OCH3 is 1. The van der Waals surface area contributed by atoms with Gasteiger partial charge in [0.1, 0.15) is 12.2 Å². The second kappa shape index (κ2) is 22.6. The molecule has 1 aromatic carbocycles. The summed E-state index contributed by atoms with van der Waals surface area (Å²) in [5, 5.41) is 33.4. The number of aliphatic hydroxyl groups excluding tert-OH is 3. The van der Waals surface area contributed by atoms with Crippen LogP contribution in [0.2, 0.25) is 0 Å². The van der Waals surface area contributed by atoms with Crippen LogP contribution in [-0.4, -0.2) is 89.8 Å². The van der Waals surface area contributed by atoms with Crippen molar-refractivity contribution in [2.45, 2.75) is 129 Å². The Bertz CT molecular complexity index is 1080. The van der Waals surface area contributed by atoms with Crippen LogP contribution < -0.4 is 14.8 Å². The summed E-state index contributed by atoms with van der Waals surface area (Å²) in [6, 6.07) is 2.72. The molecule has 4 N–H and O–H groups in total. The van der Waals surface area contributed by atoms with Crippen LogP contribution in [0.25, 0.3) is 0 Å². The van der Waals surface area contributed by atoms with Gasteiger partial charge in [-0.05, 0) is 73.1 Å². The lowest BCUT2D eigenvalue weighted by Gasteiger charge is -2.41. The summed E-state index contributed by atoms with van der Waals surface area (Å²) in [5.74, 6) is 0.307. The van der Waals surface area contributed by atoms with Gasteiger partial charge in [0.15, 0.2) is 11.5 Å². The number of hydrogen-bond acceptors (Lipinski definition) is 8. The normalized spacial score (nSPS) is 17.9. The molecule has 2 rings (SSSR count). The Balaban J connectivity index is 2.28. The van der Waals surface area contributed by atoms with Gasteiger partial charge < -0.3 is 39.7 Å². The Morgan fingerprint density at radius 1 is 1.04 bits per heavy atom. The molecular weight excluding hydrogens is 703 g/mol. The van der Waals surface area contributed by atoms with E-state index in [2.05, 4.69) is 34.8 Å². The minimum absolute atomic E-state index is 0.0589. The van der Waals surface area contributed by atoms with Gasteiger partial charge in [0.25, 0.3) is 0 Å². The fourth-order valence-corrected chi connectivity index (χ4v) is 6.45. The number of halogens is 1. The molecule has 0 heterocycles. The number of rotatable bonds is 23. The molecule has 262 valence electrons. The molecule has 3 atom stereocenters. The highest BCUT2D eigenvalue weighted by molar-refractivity contribution is 14.1. The van der Waals surface area contributed by atoms with Crippen LogP contribution >= 0.6 is 22.6 Å². The molecule has 0 bridgehead atoms. The number of nitrogens with one attached hydrogen (secondary N) is 1. The summed E-state index contributed by atoms with van der Waals surface area (Å²) in [4.78, 5) is 28.7. The molecule has 1 aromatic rings. The fraction of sp³-hybridized carbons (Fsp3) is 0.714. The number of carbonyl (C=O) groups is 2. The molecule has 0 aromatic heterocycles. The van der Waals surface area contributed by atoms with Crippen molar-refractivity contribution in [3.8, 4) is 11.5 Å². The largest absolute Gasteiger partial charge is 0.493 e. The van der Waals surface area contributed by atoms with E-state index in [1.807, 2.05) is 13.8 Å². The molecule has 0 radical (unpaired) electrons. The molecule has 11 heteroatoms. The van der Waals surface area contributed by atoms with E-state index in [0.29, 0.717) is 52.2 Å². The minimum atomic E-state index is -1.13. The van der Waals surface area contributed by atoms with Crippen LogP contribution in [0.3, 0.4) is 0 Å². The van der Waals surface area contributed by atoms with Gasteiger partial charge in [0.2, 0.25) is 11.8 Å². The number of hydrogen-bond donors (Lipinski definition) is 4. The first kappa shape index (κ1) is 40.2. The van der Waals surface area contributed by atoms with Crippen LogP contribution in [0.1, 0.15) is 103 Å². The molecule has 2 amide bonds. The third-order valence-corrected chi connectivity index (χ3v) is 8.95. The molecule has 0 saturated heterocycles. The SMILES string of the molecule is CCCCCCCCCCCC(=O)N(CCCOC(C)C)[C@@H]1CC(C(=O)NCCO)=C[C@H](Oc2c(I)cc(CO)cc2OC)[C@H]1O. The standard InChI is InChI=1S/C35H57IN2O8/c1-5-6-7-8-9-10-11-12-13-15-32(41)38(17-14-19-45-25(2)3)29-22-27(35(43)37-16-18-39)23-30(33(29)42)46-34-28(36)20-26(24-40)21-31(34)44-4/h20-21,23,25,29-30,33,39-40,42H,5-19,22,24H2,1-4H3,(H,37,43)/t29-,30+,33+/m1/s1. The summed E-state index contributed by atoms with van der Waals surface area (Å²) in [6.45, 7) is 6.67. The summed E-state index contributed by atoms with van der Waals surface area (Å²) in [7, 11) is 1.50. The van der Waals surface area contributed by atoms with Crippen molar-refractivity contribution in [1.29, 1.82) is 0 Å². The van der Waals surface area contributed by atoms with E-state index in [1.54, 1.807) is 23.1 Å². The Hall–Kier alpha value is -1.93. The van der Waals surface area contributed by atoms with Crippen molar-refractivity contribution in [1.82, 2.24) is 10.2 Å². The van der Waals surface area contributed by atoms with Gasteiger partial charge in [0.05, 0.1) is 36.0 Å². The Labute approximate surface area is 289 Å². The lowest BCUT2D eigenvalue weighted by Crippen LogP contribution is -2.55. The molecular formula is C35H57IN2O8. The zero-order valence-corrected chi connectivity index (χ0v) is 30.4. The minimum Gasteiger partial charge on any atom is -0.493 e. The van der Waals surface area contributed by atoms with E-state index < -0.39 is 18.2 Å². The smallest absolute Gasteiger partial charge is 0.247 e. The van der Waals surface area contributed by atoms with Gasteiger partial charge in [-0.1, -0.05) is 58.3 Å². The van der Waals surface area contributed by atoms with Gasteiger partial charge in [-0.25, -0.2) is 0 Å². The average Bonchev–Trinajstić information content (AvgIpc) is 3.04. The van der Waals surface area contributed by atoms with Crippen LogP contribution in [0.5, 0.6) is 11.5 Å². The van der Waals surface area contributed by atoms with Crippen LogP contribution in [0.4, 0.5) is 0 Å². The Kier molecular flexibility index (Phi) is 19.8. The lowest BCUT2D eigenvalue weighted by molar-refractivity contribution is -0.139. The highest BCUT2D eigenvalue weighted by atomic mass is 127. The maximum absolute atomic E-state index is 13.8. The number of aliphatic hydroxyl groups is 3. The lowest BCUT2D eigenvalue weighted by atomic mass is 9.87. The summed E-state index contributed by atoms with van der Waals surface area (Å²) in [6.07, 6.45) is 10.9. The second-order valence-corrected chi connectivity index (χ2v) is 13.4.